The van der Waals surface area contributed by atoms with E-state index in [0.717, 1.165) is 17.0 Å². The minimum atomic E-state index is 0.346. The zero-order valence-corrected chi connectivity index (χ0v) is 10.3. The molecular formula is C11H13Cl3. The third-order valence-corrected chi connectivity index (χ3v) is 3.48. The van der Waals surface area contributed by atoms with Gasteiger partial charge in [-0.15, -0.1) is 23.2 Å². The van der Waals surface area contributed by atoms with Crippen LogP contribution in [0.2, 0.25) is 5.02 Å². The largest absolute Gasteiger partial charge is 0.126 e. The Morgan fingerprint density at radius 3 is 2.36 bits per heavy atom. The van der Waals surface area contributed by atoms with Crippen molar-refractivity contribution in [2.45, 2.75) is 13.3 Å². The van der Waals surface area contributed by atoms with Gasteiger partial charge in [0.05, 0.1) is 0 Å². The molecule has 0 fully saturated rings. The number of hydrogen-bond acceptors (Lipinski definition) is 0. The molecule has 1 rings (SSSR count). The molecule has 78 valence electrons. The minimum absolute atomic E-state index is 0.346. The summed E-state index contributed by atoms with van der Waals surface area (Å²) in [6.07, 6.45) is 0.922. The lowest BCUT2D eigenvalue weighted by Gasteiger charge is -2.10. The molecule has 1 aromatic rings. The monoisotopic (exact) mass is 250 g/mol. The maximum Gasteiger partial charge on any atom is 0.0435 e. The molecule has 0 bridgehead atoms. The first-order chi connectivity index (χ1) is 6.67. The predicted molar refractivity (Wildman–Crippen MR) is 64.8 cm³/mol. The van der Waals surface area contributed by atoms with Crippen molar-refractivity contribution in [2.75, 3.05) is 11.8 Å². The van der Waals surface area contributed by atoms with Crippen LogP contribution in [0.5, 0.6) is 0 Å². The summed E-state index contributed by atoms with van der Waals surface area (Å²) in [7, 11) is 0. The van der Waals surface area contributed by atoms with Crippen LogP contribution < -0.4 is 0 Å². The maximum atomic E-state index is 5.93. The van der Waals surface area contributed by atoms with Crippen molar-refractivity contribution in [3.8, 4) is 0 Å². The Morgan fingerprint density at radius 2 is 1.86 bits per heavy atom. The average molecular weight is 252 g/mol. The van der Waals surface area contributed by atoms with E-state index in [4.69, 9.17) is 34.8 Å². The Kier molecular flexibility index (Phi) is 5.08. The van der Waals surface area contributed by atoms with Gasteiger partial charge in [-0.2, -0.15) is 0 Å². The summed E-state index contributed by atoms with van der Waals surface area (Å²) >= 11 is 17.5. The van der Waals surface area contributed by atoms with E-state index >= 15 is 0 Å². The molecule has 0 saturated heterocycles. The van der Waals surface area contributed by atoms with Gasteiger partial charge in [0, 0.05) is 16.8 Å². The van der Waals surface area contributed by atoms with E-state index in [1.54, 1.807) is 0 Å². The SMILES string of the molecule is Cc1cc(CC(CCl)CCl)ccc1Cl. The highest BCUT2D eigenvalue weighted by Crippen LogP contribution is 2.19. The number of hydrogen-bond donors (Lipinski definition) is 0. The lowest BCUT2D eigenvalue weighted by atomic mass is 10.0. The summed E-state index contributed by atoms with van der Waals surface area (Å²) in [4.78, 5) is 0. The minimum Gasteiger partial charge on any atom is -0.126 e. The Bertz CT molecular complexity index is 293. The Labute approximate surface area is 100 Å². The Hall–Kier alpha value is 0.0900. The van der Waals surface area contributed by atoms with Gasteiger partial charge in [0.15, 0.2) is 0 Å². The van der Waals surface area contributed by atoms with E-state index in [1.165, 1.54) is 5.56 Å². The van der Waals surface area contributed by atoms with E-state index in [0.29, 0.717) is 17.7 Å². The second kappa shape index (κ2) is 5.85. The highest BCUT2D eigenvalue weighted by atomic mass is 35.5. The van der Waals surface area contributed by atoms with Gasteiger partial charge in [-0.05, 0) is 36.5 Å². The van der Waals surface area contributed by atoms with E-state index < -0.39 is 0 Å². The van der Waals surface area contributed by atoms with Crippen LogP contribution in [0, 0.1) is 12.8 Å². The van der Waals surface area contributed by atoms with E-state index in [1.807, 2.05) is 19.1 Å². The molecule has 0 aliphatic rings. The van der Waals surface area contributed by atoms with Gasteiger partial charge in [-0.1, -0.05) is 23.7 Å². The van der Waals surface area contributed by atoms with Crippen LogP contribution in [0.4, 0.5) is 0 Å². The second-order valence-electron chi connectivity index (χ2n) is 3.46. The third-order valence-electron chi connectivity index (χ3n) is 2.18. The summed E-state index contributed by atoms with van der Waals surface area (Å²) in [5, 5.41) is 0.807. The molecule has 0 atom stereocenters. The van der Waals surface area contributed by atoms with Crippen molar-refractivity contribution < 1.29 is 0 Å². The van der Waals surface area contributed by atoms with Crippen LogP contribution in [0.25, 0.3) is 0 Å². The van der Waals surface area contributed by atoms with Crippen molar-refractivity contribution in [3.05, 3.63) is 34.3 Å². The first kappa shape index (κ1) is 12.2. The lowest BCUT2D eigenvalue weighted by molar-refractivity contribution is 0.662. The first-order valence-corrected chi connectivity index (χ1v) is 5.99. The van der Waals surface area contributed by atoms with Gasteiger partial charge in [0.1, 0.15) is 0 Å². The van der Waals surface area contributed by atoms with E-state index in [-0.39, 0.29) is 0 Å². The molecule has 0 aromatic heterocycles. The molecule has 3 heteroatoms. The Morgan fingerprint density at radius 1 is 1.21 bits per heavy atom. The molecule has 0 saturated carbocycles. The third kappa shape index (κ3) is 3.34. The summed E-state index contributed by atoms with van der Waals surface area (Å²) in [6.45, 7) is 2.00. The molecule has 0 amide bonds. The molecule has 0 aliphatic carbocycles. The summed E-state index contributed by atoms with van der Waals surface area (Å²) in [5.41, 5.74) is 2.35. The van der Waals surface area contributed by atoms with Crippen LogP contribution in [-0.4, -0.2) is 11.8 Å². The molecule has 0 radical (unpaired) electrons. The number of alkyl halides is 2. The first-order valence-electron chi connectivity index (χ1n) is 4.54. The van der Waals surface area contributed by atoms with Gasteiger partial charge >= 0.3 is 0 Å². The summed E-state index contributed by atoms with van der Waals surface area (Å²) in [5.74, 6) is 1.55. The molecule has 0 unspecified atom stereocenters. The summed E-state index contributed by atoms with van der Waals surface area (Å²) < 4.78 is 0. The van der Waals surface area contributed by atoms with Crippen molar-refractivity contribution in [3.63, 3.8) is 0 Å². The van der Waals surface area contributed by atoms with Gasteiger partial charge < -0.3 is 0 Å². The molecule has 0 N–H and O–H groups in total. The van der Waals surface area contributed by atoms with Crippen LogP contribution in [0.3, 0.4) is 0 Å². The molecule has 1 aromatic carbocycles. The zero-order valence-electron chi connectivity index (χ0n) is 8.06. The molecule has 0 nitrogen and oxygen atoms in total. The normalized spacial score (nSPS) is 10.9. The van der Waals surface area contributed by atoms with Gasteiger partial charge in [0.2, 0.25) is 0 Å². The van der Waals surface area contributed by atoms with E-state index in [2.05, 4.69) is 6.07 Å². The predicted octanol–water partition coefficient (Wildman–Crippen LogP) is 4.28. The van der Waals surface area contributed by atoms with Crippen LogP contribution in [0.15, 0.2) is 18.2 Å². The number of aryl methyl sites for hydroxylation is 1. The number of halogens is 3. The smallest absolute Gasteiger partial charge is 0.0435 e. The van der Waals surface area contributed by atoms with Crippen molar-refractivity contribution in [1.29, 1.82) is 0 Å². The van der Waals surface area contributed by atoms with E-state index in [9.17, 15) is 0 Å². The topological polar surface area (TPSA) is 0 Å². The average Bonchev–Trinajstić information content (AvgIpc) is 2.19. The van der Waals surface area contributed by atoms with Crippen molar-refractivity contribution in [1.82, 2.24) is 0 Å². The van der Waals surface area contributed by atoms with Crippen LogP contribution in [0.1, 0.15) is 11.1 Å². The highest BCUT2D eigenvalue weighted by molar-refractivity contribution is 6.31. The molecule has 0 spiro atoms. The van der Waals surface area contributed by atoms with Crippen molar-refractivity contribution in [2.24, 2.45) is 5.92 Å². The van der Waals surface area contributed by atoms with Crippen molar-refractivity contribution >= 4 is 34.8 Å². The standard InChI is InChI=1S/C11H13Cl3/c1-8-4-9(2-3-11(8)14)5-10(6-12)7-13/h2-4,10H,5-7H2,1H3. The van der Waals surface area contributed by atoms with Gasteiger partial charge in [-0.25, -0.2) is 0 Å². The molecule has 0 heterocycles. The number of benzene rings is 1. The molecule has 14 heavy (non-hydrogen) atoms. The summed E-state index contributed by atoms with van der Waals surface area (Å²) in [6, 6.07) is 6.04. The quantitative estimate of drug-likeness (QED) is 0.701. The van der Waals surface area contributed by atoms with Gasteiger partial charge in [0.25, 0.3) is 0 Å². The second-order valence-corrected chi connectivity index (χ2v) is 4.49. The number of rotatable bonds is 4. The maximum absolute atomic E-state index is 5.93. The fourth-order valence-corrected chi connectivity index (χ4v) is 1.98. The molecular weight excluding hydrogens is 238 g/mol. The zero-order chi connectivity index (χ0) is 10.6. The fourth-order valence-electron chi connectivity index (χ4n) is 1.32. The van der Waals surface area contributed by atoms with Gasteiger partial charge in [-0.3, -0.25) is 0 Å². The van der Waals surface area contributed by atoms with Crippen LogP contribution >= 0.6 is 34.8 Å². The molecule has 0 aliphatic heterocycles. The fraction of sp³-hybridized carbons (Fsp3) is 0.455. The highest BCUT2D eigenvalue weighted by Gasteiger charge is 2.07. The Balaban J connectivity index is 2.72. The lowest BCUT2D eigenvalue weighted by Crippen LogP contribution is -2.08. The van der Waals surface area contributed by atoms with Crippen LogP contribution in [-0.2, 0) is 6.42 Å².